The van der Waals surface area contributed by atoms with Crippen LogP contribution in [0.5, 0.6) is 0 Å². The van der Waals surface area contributed by atoms with Crippen LogP contribution in [0.25, 0.3) is 0 Å². The summed E-state index contributed by atoms with van der Waals surface area (Å²) < 4.78 is 35.7. The van der Waals surface area contributed by atoms with Crippen LogP contribution in [0.4, 0.5) is 13.2 Å². The number of nitrogens with zero attached hydrogens (tertiary/aromatic N) is 1. The van der Waals surface area contributed by atoms with Crippen LogP contribution in [0.15, 0.2) is 24.3 Å². The van der Waals surface area contributed by atoms with Gasteiger partial charge in [0, 0.05) is 6.42 Å². The number of benzene rings is 1. The van der Waals surface area contributed by atoms with Gasteiger partial charge in [-0.25, -0.2) is 0 Å². The van der Waals surface area contributed by atoms with E-state index in [2.05, 4.69) is 0 Å². The fraction of sp³-hybridized carbons (Fsp3) is 0.364. The van der Waals surface area contributed by atoms with Gasteiger partial charge < -0.3 is 5.11 Å². The Bertz CT molecular complexity index is 395. The van der Waals surface area contributed by atoms with Gasteiger partial charge in [0.05, 0.1) is 17.7 Å². The van der Waals surface area contributed by atoms with Crippen LogP contribution < -0.4 is 0 Å². The molecule has 0 heterocycles. The van der Waals surface area contributed by atoms with Crippen LogP contribution in [0.3, 0.4) is 0 Å². The van der Waals surface area contributed by atoms with E-state index in [1.165, 1.54) is 24.3 Å². The summed E-state index contributed by atoms with van der Waals surface area (Å²) in [5.41, 5.74) is 0.659. The Morgan fingerprint density at radius 2 is 2.06 bits per heavy atom. The minimum absolute atomic E-state index is 0.323. The van der Waals surface area contributed by atoms with E-state index in [-0.39, 0.29) is 0 Å². The summed E-state index contributed by atoms with van der Waals surface area (Å²) in [5, 5.41) is 18.1. The molecule has 5 heteroatoms. The van der Waals surface area contributed by atoms with E-state index < -0.39 is 25.1 Å². The van der Waals surface area contributed by atoms with Crippen molar-refractivity contribution in [3.63, 3.8) is 0 Å². The third-order valence-electron chi connectivity index (χ3n) is 2.10. The molecule has 1 N–H and O–H groups in total. The van der Waals surface area contributed by atoms with Crippen molar-refractivity contribution < 1.29 is 18.3 Å². The summed E-state index contributed by atoms with van der Waals surface area (Å²) in [7, 11) is 0. The number of rotatable bonds is 3. The van der Waals surface area contributed by atoms with Crippen molar-refractivity contribution in [2.75, 3.05) is 0 Å². The fourth-order valence-corrected chi connectivity index (χ4v) is 1.28. The fourth-order valence-electron chi connectivity index (χ4n) is 1.28. The van der Waals surface area contributed by atoms with Gasteiger partial charge in [-0.1, -0.05) is 12.1 Å². The maximum absolute atomic E-state index is 11.9. The summed E-state index contributed by atoms with van der Waals surface area (Å²) in [6.07, 6.45) is -6.88. The maximum Gasteiger partial charge on any atom is 0.389 e. The van der Waals surface area contributed by atoms with Gasteiger partial charge in [0.2, 0.25) is 0 Å². The number of halogens is 3. The van der Waals surface area contributed by atoms with Crippen molar-refractivity contribution in [1.29, 1.82) is 5.26 Å². The lowest BCUT2D eigenvalue weighted by molar-refractivity contribution is -0.140. The molecule has 1 rings (SSSR count). The average Bonchev–Trinajstić information content (AvgIpc) is 2.25. The second-order valence-electron chi connectivity index (χ2n) is 3.41. The molecule has 86 valence electrons. The van der Waals surface area contributed by atoms with Crippen molar-refractivity contribution in [3.8, 4) is 6.07 Å². The first kappa shape index (κ1) is 12.5. The van der Waals surface area contributed by atoms with Crippen molar-refractivity contribution in [2.45, 2.75) is 25.1 Å². The third-order valence-corrected chi connectivity index (χ3v) is 2.10. The second-order valence-corrected chi connectivity index (χ2v) is 3.41. The highest BCUT2D eigenvalue weighted by molar-refractivity contribution is 5.33. The molecule has 0 saturated carbocycles. The predicted octanol–water partition coefficient (Wildman–Crippen LogP) is 2.93. The minimum atomic E-state index is -4.27. The quantitative estimate of drug-likeness (QED) is 0.865. The Balaban J connectivity index is 2.66. The monoisotopic (exact) mass is 229 g/mol. The van der Waals surface area contributed by atoms with Crippen molar-refractivity contribution in [2.24, 2.45) is 0 Å². The molecule has 1 unspecified atom stereocenters. The predicted molar refractivity (Wildman–Crippen MR) is 51.4 cm³/mol. The molecule has 1 aromatic carbocycles. The largest absolute Gasteiger partial charge is 0.389 e. The molecule has 0 aliphatic heterocycles. The Hall–Kier alpha value is -1.54. The summed E-state index contributed by atoms with van der Waals surface area (Å²) >= 11 is 0. The SMILES string of the molecule is N#Cc1cccc(C(O)CCC(F)(F)F)c1. The first-order chi connectivity index (χ1) is 7.42. The highest BCUT2D eigenvalue weighted by Crippen LogP contribution is 2.27. The summed E-state index contributed by atoms with van der Waals surface area (Å²) in [5.74, 6) is 0. The number of hydrogen-bond acceptors (Lipinski definition) is 2. The normalized spacial score (nSPS) is 13.2. The van der Waals surface area contributed by atoms with Gasteiger partial charge in [-0.3, -0.25) is 0 Å². The summed E-state index contributed by atoms with van der Waals surface area (Å²) in [4.78, 5) is 0. The maximum atomic E-state index is 11.9. The van der Waals surface area contributed by atoms with Crippen molar-refractivity contribution in [1.82, 2.24) is 0 Å². The molecule has 0 saturated heterocycles. The van der Waals surface area contributed by atoms with E-state index in [0.717, 1.165) is 0 Å². The Labute approximate surface area is 90.9 Å². The molecule has 0 fully saturated rings. The highest BCUT2D eigenvalue weighted by atomic mass is 19.4. The summed E-state index contributed by atoms with van der Waals surface area (Å²) in [6.45, 7) is 0. The molecular weight excluding hydrogens is 219 g/mol. The van der Waals surface area contributed by atoms with Crippen LogP contribution in [0.1, 0.15) is 30.1 Å². The van der Waals surface area contributed by atoms with Crippen LogP contribution in [0.2, 0.25) is 0 Å². The van der Waals surface area contributed by atoms with Crippen molar-refractivity contribution >= 4 is 0 Å². The van der Waals surface area contributed by atoms with Gasteiger partial charge in [0.25, 0.3) is 0 Å². The van der Waals surface area contributed by atoms with Gasteiger partial charge in [0.1, 0.15) is 0 Å². The molecule has 0 radical (unpaired) electrons. The molecule has 0 aliphatic rings. The Kier molecular flexibility index (Phi) is 3.91. The summed E-state index contributed by atoms with van der Waals surface area (Å²) in [6, 6.07) is 7.81. The minimum Gasteiger partial charge on any atom is -0.388 e. The lowest BCUT2D eigenvalue weighted by atomic mass is 10.0. The number of aliphatic hydroxyl groups is 1. The molecule has 16 heavy (non-hydrogen) atoms. The van der Waals surface area contributed by atoms with E-state index in [0.29, 0.717) is 11.1 Å². The highest BCUT2D eigenvalue weighted by Gasteiger charge is 2.28. The lowest BCUT2D eigenvalue weighted by Gasteiger charge is -2.12. The molecular formula is C11H10F3NO. The van der Waals surface area contributed by atoms with E-state index in [1.54, 1.807) is 0 Å². The number of hydrogen-bond donors (Lipinski definition) is 1. The van der Waals surface area contributed by atoms with E-state index in [1.807, 2.05) is 6.07 Å². The Morgan fingerprint density at radius 3 is 2.62 bits per heavy atom. The zero-order valence-electron chi connectivity index (χ0n) is 8.33. The first-order valence-corrected chi connectivity index (χ1v) is 4.67. The third kappa shape index (κ3) is 3.91. The van der Waals surface area contributed by atoms with Gasteiger partial charge >= 0.3 is 6.18 Å². The molecule has 0 amide bonds. The van der Waals surface area contributed by atoms with Gasteiger partial charge in [-0.05, 0) is 24.1 Å². The van der Waals surface area contributed by atoms with Crippen LogP contribution in [0, 0.1) is 11.3 Å². The van der Waals surface area contributed by atoms with Crippen LogP contribution in [-0.4, -0.2) is 11.3 Å². The number of nitriles is 1. The smallest absolute Gasteiger partial charge is 0.388 e. The van der Waals surface area contributed by atoms with Gasteiger partial charge in [-0.2, -0.15) is 18.4 Å². The zero-order chi connectivity index (χ0) is 12.2. The van der Waals surface area contributed by atoms with Crippen LogP contribution in [-0.2, 0) is 0 Å². The first-order valence-electron chi connectivity index (χ1n) is 4.67. The number of alkyl halides is 3. The molecule has 0 aromatic heterocycles. The van der Waals surface area contributed by atoms with E-state index in [4.69, 9.17) is 5.26 Å². The van der Waals surface area contributed by atoms with E-state index in [9.17, 15) is 18.3 Å². The average molecular weight is 229 g/mol. The molecule has 0 aliphatic carbocycles. The zero-order valence-corrected chi connectivity index (χ0v) is 8.33. The van der Waals surface area contributed by atoms with Gasteiger partial charge in [-0.15, -0.1) is 0 Å². The molecule has 1 atom stereocenters. The van der Waals surface area contributed by atoms with Crippen LogP contribution >= 0.6 is 0 Å². The second kappa shape index (κ2) is 4.99. The topological polar surface area (TPSA) is 44.0 Å². The van der Waals surface area contributed by atoms with Gasteiger partial charge in [0.15, 0.2) is 0 Å². The molecule has 2 nitrogen and oxygen atoms in total. The molecule has 1 aromatic rings. The molecule has 0 spiro atoms. The lowest BCUT2D eigenvalue weighted by Crippen LogP contribution is -2.10. The van der Waals surface area contributed by atoms with Crippen molar-refractivity contribution in [3.05, 3.63) is 35.4 Å². The standard InChI is InChI=1S/C11H10F3NO/c12-11(13,14)5-4-10(16)9-3-1-2-8(6-9)7-15/h1-3,6,10,16H,4-5H2. The molecule has 0 bridgehead atoms. The van der Waals surface area contributed by atoms with E-state index >= 15 is 0 Å². The number of aliphatic hydroxyl groups excluding tert-OH is 1. The Morgan fingerprint density at radius 1 is 1.38 bits per heavy atom.